The molecular weight excluding hydrogens is 409 g/mol. The number of nitrogens with zero attached hydrogens (tertiary/aromatic N) is 2. The predicted octanol–water partition coefficient (Wildman–Crippen LogP) is 5.88. The molecule has 1 aliphatic heterocycles. The summed E-state index contributed by atoms with van der Waals surface area (Å²) < 4.78 is 25.1. The van der Waals surface area contributed by atoms with Crippen molar-refractivity contribution in [2.45, 2.75) is 51.6 Å². The molecule has 1 unspecified atom stereocenters. The highest BCUT2D eigenvalue weighted by Gasteiger charge is 2.28. The van der Waals surface area contributed by atoms with Crippen LogP contribution < -0.4 is 4.74 Å². The lowest BCUT2D eigenvalue weighted by molar-refractivity contribution is 0.0248. The van der Waals surface area contributed by atoms with Gasteiger partial charge in [0.05, 0.1) is 7.11 Å². The molecule has 0 bridgehead atoms. The molecule has 1 N–H and O–H groups in total. The van der Waals surface area contributed by atoms with Gasteiger partial charge in [-0.1, -0.05) is 6.42 Å². The number of carbonyl (C=O) groups is 1. The Labute approximate surface area is 187 Å². The van der Waals surface area contributed by atoms with Gasteiger partial charge in [-0.3, -0.25) is 0 Å². The van der Waals surface area contributed by atoms with Crippen molar-refractivity contribution in [2.75, 3.05) is 20.2 Å². The Morgan fingerprint density at radius 2 is 2.00 bits per heavy atom. The zero-order valence-electron chi connectivity index (χ0n) is 19.1. The quantitative estimate of drug-likeness (QED) is 0.553. The van der Waals surface area contributed by atoms with Crippen LogP contribution in [0.15, 0.2) is 36.5 Å². The van der Waals surface area contributed by atoms with Crippen LogP contribution in [0.3, 0.4) is 0 Å². The Morgan fingerprint density at radius 1 is 1.19 bits per heavy atom. The van der Waals surface area contributed by atoms with Crippen molar-refractivity contribution in [2.24, 2.45) is 0 Å². The fraction of sp³-hybridized carbons (Fsp3) is 0.440. The molecule has 170 valence electrons. The van der Waals surface area contributed by atoms with Gasteiger partial charge in [0.1, 0.15) is 22.8 Å². The summed E-state index contributed by atoms with van der Waals surface area (Å²) in [5.41, 5.74) is 2.76. The largest absolute Gasteiger partial charge is 0.496 e. The summed E-state index contributed by atoms with van der Waals surface area (Å²) in [7, 11) is 1.58. The van der Waals surface area contributed by atoms with E-state index in [1.165, 1.54) is 12.1 Å². The summed E-state index contributed by atoms with van der Waals surface area (Å²) in [4.78, 5) is 22.4. The van der Waals surface area contributed by atoms with E-state index in [1.54, 1.807) is 24.3 Å². The summed E-state index contributed by atoms with van der Waals surface area (Å²) in [6, 6.07) is 8.45. The third-order valence-corrected chi connectivity index (χ3v) is 5.77. The summed E-state index contributed by atoms with van der Waals surface area (Å²) in [6.07, 6.45) is 4.37. The highest BCUT2D eigenvalue weighted by atomic mass is 19.1. The molecule has 32 heavy (non-hydrogen) atoms. The zero-order valence-corrected chi connectivity index (χ0v) is 19.1. The van der Waals surface area contributed by atoms with Crippen LogP contribution in [0.5, 0.6) is 5.75 Å². The third-order valence-electron chi connectivity index (χ3n) is 5.77. The number of halogens is 1. The van der Waals surface area contributed by atoms with Gasteiger partial charge >= 0.3 is 6.09 Å². The smallest absolute Gasteiger partial charge is 0.410 e. The van der Waals surface area contributed by atoms with E-state index in [9.17, 15) is 9.18 Å². The van der Waals surface area contributed by atoms with Crippen molar-refractivity contribution in [1.29, 1.82) is 0 Å². The molecule has 3 aromatic rings. The second-order valence-electron chi connectivity index (χ2n) is 9.31. The van der Waals surface area contributed by atoms with Crippen LogP contribution in [0.2, 0.25) is 0 Å². The Hall–Kier alpha value is -3.09. The molecule has 1 aliphatic rings. The Kier molecular flexibility index (Phi) is 6.09. The SMILES string of the molecule is COc1ccc(F)cc1-c1ccnc2[nH]c(C3CCCCN(C(=O)OC(C)(C)C)C3)cc12. The first-order chi connectivity index (χ1) is 15.2. The lowest BCUT2D eigenvalue weighted by Gasteiger charge is -2.28. The van der Waals surface area contributed by atoms with Gasteiger partial charge in [0.15, 0.2) is 0 Å². The number of fused-ring (bicyclic) bond motifs is 1. The molecule has 0 saturated carbocycles. The molecule has 6 nitrogen and oxygen atoms in total. The van der Waals surface area contributed by atoms with Crippen LogP contribution in [-0.4, -0.2) is 46.8 Å². The minimum atomic E-state index is -0.525. The first-order valence-corrected chi connectivity index (χ1v) is 11.0. The van der Waals surface area contributed by atoms with Gasteiger partial charge in [0.25, 0.3) is 0 Å². The lowest BCUT2D eigenvalue weighted by atomic mass is 9.98. The molecule has 3 heterocycles. The van der Waals surface area contributed by atoms with E-state index in [1.807, 2.05) is 26.8 Å². The van der Waals surface area contributed by atoms with E-state index in [2.05, 4.69) is 16.0 Å². The van der Waals surface area contributed by atoms with E-state index in [0.717, 1.165) is 41.6 Å². The van der Waals surface area contributed by atoms with Gasteiger partial charge < -0.3 is 19.4 Å². The highest BCUT2D eigenvalue weighted by molar-refractivity contribution is 5.95. The molecule has 0 radical (unpaired) electrons. The maximum atomic E-state index is 14.0. The average molecular weight is 440 g/mol. The van der Waals surface area contributed by atoms with E-state index in [-0.39, 0.29) is 17.8 Å². The summed E-state index contributed by atoms with van der Waals surface area (Å²) in [6.45, 7) is 6.92. The number of amides is 1. The van der Waals surface area contributed by atoms with Crippen molar-refractivity contribution in [1.82, 2.24) is 14.9 Å². The fourth-order valence-electron chi connectivity index (χ4n) is 4.28. The monoisotopic (exact) mass is 439 g/mol. The normalized spacial score (nSPS) is 17.3. The number of nitrogens with one attached hydrogen (secondary N) is 1. The van der Waals surface area contributed by atoms with E-state index < -0.39 is 5.60 Å². The van der Waals surface area contributed by atoms with Crippen molar-refractivity contribution in [3.05, 3.63) is 48.0 Å². The fourth-order valence-corrected chi connectivity index (χ4v) is 4.28. The molecule has 4 rings (SSSR count). The van der Waals surface area contributed by atoms with Crippen molar-refractivity contribution >= 4 is 17.1 Å². The van der Waals surface area contributed by atoms with Gasteiger partial charge in [0, 0.05) is 41.8 Å². The standard InChI is InChI=1S/C25H30FN3O3/c1-25(2,3)32-24(30)29-12-6-5-7-16(15-29)21-14-20-18(10-11-27-23(20)28-21)19-13-17(26)8-9-22(19)31-4/h8-11,13-14,16H,5-7,12,15H2,1-4H3,(H,27,28). The second kappa shape index (κ2) is 8.81. The highest BCUT2D eigenvalue weighted by Crippen LogP contribution is 2.37. The van der Waals surface area contributed by atoms with Crippen molar-refractivity contribution in [3.8, 4) is 16.9 Å². The molecule has 2 aromatic heterocycles. The predicted molar refractivity (Wildman–Crippen MR) is 122 cm³/mol. The molecule has 1 saturated heterocycles. The maximum Gasteiger partial charge on any atom is 0.410 e. The number of H-pyrrole nitrogens is 1. The number of ether oxygens (including phenoxy) is 2. The Balaban J connectivity index is 1.68. The van der Waals surface area contributed by atoms with Crippen LogP contribution in [-0.2, 0) is 4.74 Å². The second-order valence-corrected chi connectivity index (χ2v) is 9.31. The lowest BCUT2D eigenvalue weighted by Crippen LogP contribution is -2.38. The molecule has 7 heteroatoms. The number of methoxy groups -OCH3 is 1. The summed E-state index contributed by atoms with van der Waals surface area (Å²) in [5, 5.41) is 0.902. The van der Waals surface area contributed by atoms with Crippen molar-refractivity contribution in [3.63, 3.8) is 0 Å². The van der Waals surface area contributed by atoms with Gasteiger partial charge in [-0.05, 0) is 69.5 Å². The van der Waals surface area contributed by atoms with Gasteiger partial charge in [-0.25, -0.2) is 14.2 Å². The number of likely N-dealkylation sites (tertiary alicyclic amines) is 1. The molecule has 0 spiro atoms. The minimum absolute atomic E-state index is 0.140. The van der Waals surface area contributed by atoms with Gasteiger partial charge in [0.2, 0.25) is 0 Å². The molecule has 1 fully saturated rings. The third kappa shape index (κ3) is 4.71. The number of aromatic amines is 1. The van der Waals surface area contributed by atoms with Gasteiger partial charge in [-0.15, -0.1) is 0 Å². The number of hydrogen-bond acceptors (Lipinski definition) is 4. The van der Waals surface area contributed by atoms with Crippen LogP contribution in [0.4, 0.5) is 9.18 Å². The molecular formula is C25H30FN3O3. The summed E-state index contributed by atoms with van der Waals surface area (Å²) in [5.74, 6) is 0.423. The Morgan fingerprint density at radius 3 is 2.75 bits per heavy atom. The summed E-state index contributed by atoms with van der Waals surface area (Å²) >= 11 is 0. The number of carbonyl (C=O) groups excluding carboxylic acids is 1. The number of rotatable bonds is 3. The van der Waals surface area contributed by atoms with Crippen LogP contribution in [0, 0.1) is 5.82 Å². The van der Waals surface area contributed by atoms with Crippen LogP contribution in [0.1, 0.15) is 51.6 Å². The van der Waals surface area contributed by atoms with E-state index >= 15 is 0 Å². The average Bonchev–Trinajstić information content (AvgIpc) is 3.01. The van der Waals surface area contributed by atoms with Crippen molar-refractivity contribution < 1.29 is 18.7 Å². The molecule has 0 aliphatic carbocycles. The number of pyridine rings is 1. The maximum absolute atomic E-state index is 14.0. The minimum Gasteiger partial charge on any atom is -0.496 e. The van der Waals surface area contributed by atoms with Crippen LogP contribution in [0.25, 0.3) is 22.2 Å². The number of benzene rings is 1. The van der Waals surface area contributed by atoms with Crippen LogP contribution >= 0.6 is 0 Å². The van der Waals surface area contributed by atoms with E-state index in [0.29, 0.717) is 24.4 Å². The molecule has 1 aromatic carbocycles. The Bertz CT molecular complexity index is 1120. The number of hydrogen-bond donors (Lipinski definition) is 1. The topological polar surface area (TPSA) is 67.5 Å². The molecule has 1 amide bonds. The van der Waals surface area contributed by atoms with E-state index in [4.69, 9.17) is 9.47 Å². The van der Waals surface area contributed by atoms with Gasteiger partial charge in [-0.2, -0.15) is 0 Å². The first-order valence-electron chi connectivity index (χ1n) is 11.0. The molecule has 1 atom stereocenters. The first kappa shape index (κ1) is 22.1. The zero-order chi connectivity index (χ0) is 22.9. The number of aromatic nitrogens is 2.